The van der Waals surface area contributed by atoms with Gasteiger partial charge in [0.05, 0.1) is 11.9 Å². The Labute approximate surface area is 171 Å². The Morgan fingerprint density at radius 3 is 2.67 bits per heavy atom. The first-order valence-electron chi connectivity index (χ1n) is 9.42. The van der Waals surface area contributed by atoms with Crippen molar-refractivity contribution in [3.8, 4) is 5.75 Å². The van der Waals surface area contributed by atoms with Crippen molar-refractivity contribution in [3.05, 3.63) is 65.2 Å². The van der Waals surface area contributed by atoms with Crippen molar-refractivity contribution < 1.29 is 19.1 Å². The van der Waals surface area contributed by atoms with E-state index in [1.54, 1.807) is 44.2 Å². The predicted molar refractivity (Wildman–Crippen MR) is 113 cm³/mol. The van der Waals surface area contributed by atoms with Crippen LogP contribution in [0.2, 0.25) is 0 Å². The maximum absolute atomic E-state index is 12.7. The Hall–Kier alpha value is -3.65. The summed E-state index contributed by atoms with van der Waals surface area (Å²) in [5.41, 5.74) is 0.387. The minimum atomic E-state index is -0.935. The normalized spacial score (nSPS) is 11.7. The molecule has 4 rings (SSSR count). The van der Waals surface area contributed by atoms with Gasteiger partial charge in [-0.25, -0.2) is 4.98 Å². The zero-order valence-electron chi connectivity index (χ0n) is 16.6. The molecule has 2 aromatic carbocycles. The van der Waals surface area contributed by atoms with Crippen molar-refractivity contribution in [1.29, 1.82) is 0 Å². The molecule has 0 saturated heterocycles. The molecule has 0 saturated carbocycles. The lowest BCUT2D eigenvalue weighted by Crippen LogP contribution is -2.28. The smallest absolute Gasteiger partial charge is 0.297 e. The molecular formula is C22H21N3O5. The molecule has 0 bridgehead atoms. The van der Waals surface area contributed by atoms with Gasteiger partial charge in [-0.05, 0) is 50.2 Å². The van der Waals surface area contributed by atoms with E-state index in [0.717, 1.165) is 5.39 Å². The summed E-state index contributed by atoms with van der Waals surface area (Å²) >= 11 is 0. The van der Waals surface area contributed by atoms with E-state index in [-0.39, 0.29) is 24.6 Å². The summed E-state index contributed by atoms with van der Waals surface area (Å²) in [4.78, 5) is 29.4. The van der Waals surface area contributed by atoms with Gasteiger partial charge in [0, 0.05) is 11.1 Å². The van der Waals surface area contributed by atoms with E-state index in [1.165, 1.54) is 10.9 Å². The Morgan fingerprint density at radius 2 is 1.93 bits per heavy atom. The van der Waals surface area contributed by atoms with Crippen molar-refractivity contribution >= 4 is 33.7 Å². The average molecular weight is 407 g/mol. The molecule has 0 fully saturated rings. The van der Waals surface area contributed by atoms with Crippen LogP contribution in [-0.2, 0) is 11.3 Å². The van der Waals surface area contributed by atoms with Crippen LogP contribution in [0.25, 0.3) is 22.1 Å². The maximum atomic E-state index is 12.7. The number of aromatic nitrogens is 2. The number of aliphatic hydroxyl groups is 1. The number of ether oxygens (including phenoxy) is 1. The summed E-state index contributed by atoms with van der Waals surface area (Å²) in [6.45, 7) is 3.26. The fraction of sp³-hybridized carbons (Fsp3) is 0.227. The largest absolute Gasteiger partial charge is 0.491 e. The molecule has 8 nitrogen and oxygen atoms in total. The molecule has 8 heteroatoms. The molecule has 2 N–H and O–H groups in total. The van der Waals surface area contributed by atoms with E-state index in [2.05, 4.69) is 10.3 Å². The maximum Gasteiger partial charge on any atom is 0.297 e. The number of nitrogens with zero attached hydrogens (tertiary/aromatic N) is 2. The van der Waals surface area contributed by atoms with Gasteiger partial charge in [-0.3, -0.25) is 14.2 Å². The van der Waals surface area contributed by atoms with Gasteiger partial charge in [0.15, 0.2) is 0 Å². The van der Waals surface area contributed by atoms with E-state index < -0.39 is 11.2 Å². The molecular weight excluding hydrogens is 386 g/mol. The van der Waals surface area contributed by atoms with Gasteiger partial charge in [0.1, 0.15) is 30.0 Å². The summed E-state index contributed by atoms with van der Waals surface area (Å²) in [7, 11) is 0. The van der Waals surface area contributed by atoms with Crippen LogP contribution < -0.4 is 15.6 Å². The lowest BCUT2D eigenvalue weighted by Gasteiger charge is -2.17. The molecule has 0 unspecified atom stereocenters. The molecule has 0 aliphatic carbocycles. The van der Waals surface area contributed by atoms with Crippen molar-refractivity contribution in [2.45, 2.75) is 26.0 Å². The summed E-state index contributed by atoms with van der Waals surface area (Å²) in [6.07, 6.45) is 1.35. The number of carbonyl (C=O) groups excluding carboxylic acids is 1. The molecule has 0 atom stereocenters. The van der Waals surface area contributed by atoms with Crippen LogP contribution in [0.5, 0.6) is 5.75 Å². The molecule has 2 heterocycles. The van der Waals surface area contributed by atoms with Crippen LogP contribution in [0.4, 0.5) is 5.69 Å². The number of rotatable bonds is 6. The van der Waals surface area contributed by atoms with Gasteiger partial charge in [0.2, 0.25) is 11.5 Å². The lowest BCUT2D eigenvalue weighted by atomic mass is 10.2. The van der Waals surface area contributed by atoms with Crippen LogP contribution in [0.1, 0.15) is 13.8 Å². The number of furan rings is 1. The van der Waals surface area contributed by atoms with E-state index in [1.807, 2.05) is 18.2 Å². The minimum absolute atomic E-state index is 0.125. The fourth-order valence-corrected chi connectivity index (χ4v) is 2.98. The Bertz CT molecular complexity index is 1270. The fourth-order valence-electron chi connectivity index (χ4n) is 2.98. The molecule has 30 heavy (non-hydrogen) atoms. The molecule has 4 aromatic rings. The van der Waals surface area contributed by atoms with Gasteiger partial charge >= 0.3 is 0 Å². The van der Waals surface area contributed by atoms with Crippen LogP contribution in [0, 0.1) is 0 Å². The third-order valence-corrected chi connectivity index (χ3v) is 4.39. The van der Waals surface area contributed by atoms with Gasteiger partial charge in [-0.1, -0.05) is 12.1 Å². The number of hydrogen-bond acceptors (Lipinski definition) is 6. The van der Waals surface area contributed by atoms with Crippen molar-refractivity contribution in [3.63, 3.8) is 0 Å². The number of amides is 1. The number of para-hydroxylation sites is 1. The summed E-state index contributed by atoms with van der Waals surface area (Å²) in [6, 6.07) is 14.0. The average Bonchev–Trinajstić information content (AvgIpc) is 3.08. The molecule has 0 aliphatic heterocycles. The summed E-state index contributed by atoms with van der Waals surface area (Å²) in [5, 5.41) is 13.2. The lowest BCUT2D eigenvalue weighted by molar-refractivity contribution is -0.116. The second-order valence-corrected chi connectivity index (χ2v) is 7.63. The van der Waals surface area contributed by atoms with Gasteiger partial charge in [-0.2, -0.15) is 0 Å². The Morgan fingerprint density at radius 1 is 1.20 bits per heavy atom. The summed E-state index contributed by atoms with van der Waals surface area (Å²) < 4.78 is 12.3. The highest BCUT2D eigenvalue weighted by atomic mass is 16.5. The first kappa shape index (κ1) is 19.7. The molecule has 1 amide bonds. The van der Waals surface area contributed by atoms with Gasteiger partial charge in [-0.15, -0.1) is 0 Å². The van der Waals surface area contributed by atoms with E-state index in [9.17, 15) is 14.7 Å². The molecule has 0 radical (unpaired) electrons. The first-order valence-corrected chi connectivity index (χ1v) is 9.42. The molecule has 154 valence electrons. The first-order chi connectivity index (χ1) is 14.3. The van der Waals surface area contributed by atoms with E-state index >= 15 is 0 Å². The zero-order chi connectivity index (χ0) is 21.3. The highest BCUT2D eigenvalue weighted by Gasteiger charge is 2.15. The summed E-state index contributed by atoms with van der Waals surface area (Å²) in [5.74, 6) is 0.199. The Kier molecular flexibility index (Phi) is 5.01. The predicted octanol–water partition coefficient (Wildman–Crippen LogP) is 2.93. The number of hydrogen-bond donors (Lipinski definition) is 2. The number of benzene rings is 2. The Balaban J connectivity index is 1.46. The topological polar surface area (TPSA) is 107 Å². The monoisotopic (exact) mass is 407 g/mol. The third-order valence-electron chi connectivity index (χ3n) is 4.39. The molecule has 0 aliphatic rings. The number of anilines is 1. The second kappa shape index (κ2) is 7.64. The van der Waals surface area contributed by atoms with Crippen molar-refractivity contribution in [2.75, 3.05) is 11.9 Å². The quantitative estimate of drug-likeness (QED) is 0.509. The van der Waals surface area contributed by atoms with Crippen LogP contribution in [0.15, 0.2) is 64.1 Å². The van der Waals surface area contributed by atoms with Gasteiger partial charge in [0.25, 0.3) is 5.56 Å². The highest BCUT2D eigenvalue weighted by Crippen LogP contribution is 2.24. The number of fused-ring (bicyclic) bond motifs is 3. The van der Waals surface area contributed by atoms with E-state index in [0.29, 0.717) is 22.5 Å². The number of nitrogens with one attached hydrogen (secondary N) is 1. The zero-order valence-corrected chi connectivity index (χ0v) is 16.6. The van der Waals surface area contributed by atoms with Crippen LogP contribution >= 0.6 is 0 Å². The molecule has 0 spiro atoms. The van der Waals surface area contributed by atoms with Crippen LogP contribution in [-0.4, -0.2) is 32.8 Å². The van der Waals surface area contributed by atoms with Gasteiger partial charge < -0.3 is 19.6 Å². The number of carbonyl (C=O) groups is 1. The van der Waals surface area contributed by atoms with E-state index in [4.69, 9.17) is 9.15 Å². The minimum Gasteiger partial charge on any atom is -0.491 e. The van der Waals surface area contributed by atoms with Crippen molar-refractivity contribution in [1.82, 2.24) is 9.55 Å². The van der Waals surface area contributed by atoms with Crippen molar-refractivity contribution in [2.24, 2.45) is 0 Å². The molecule has 2 aromatic heterocycles. The van der Waals surface area contributed by atoms with Crippen LogP contribution in [0.3, 0.4) is 0 Å². The second-order valence-electron chi connectivity index (χ2n) is 7.63. The SMILES string of the molecule is CC(C)(O)COc1ccc(NC(=O)Cn2cnc3c(oc4ccccc43)c2=O)cc1. The highest BCUT2D eigenvalue weighted by molar-refractivity contribution is 6.01. The standard InChI is InChI=1S/C22H21N3O5/c1-22(2,28)12-29-15-9-7-14(8-10-15)24-18(26)11-25-13-23-19-16-5-3-4-6-17(16)30-20(19)21(25)27/h3-10,13,28H,11-12H2,1-2H3,(H,24,26). The third kappa shape index (κ3) is 4.18.